The van der Waals surface area contributed by atoms with Crippen LogP contribution in [0.5, 0.6) is 0 Å². The number of benzene rings is 2. The Kier molecular flexibility index (Phi) is 4.56. The van der Waals surface area contributed by atoms with Crippen LogP contribution in [0, 0.1) is 12.7 Å². The minimum Gasteiger partial charge on any atom is -0.350 e. The number of aromatic nitrogens is 1. The van der Waals surface area contributed by atoms with Gasteiger partial charge in [0.15, 0.2) is 0 Å². The summed E-state index contributed by atoms with van der Waals surface area (Å²) in [5.74, 6) is -2.69. The average Bonchev–Trinajstić information content (AvgIpc) is 2.99. The summed E-state index contributed by atoms with van der Waals surface area (Å²) in [4.78, 5) is -0.826. The molecular weight excluding hydrogens is 388 g/mol. The number of primary sulfonamides is 1. The van der Waals surface area contributed by atoms with E-state index >= 15 is 0 Å². The van der Waals surface area contributed by atoms with E-state index in [0.29, 0.717) is 11.6 Å². The van der Waals surface area contributed by atoms with Crippen LogP contribution in [0.4, 0.5) is 17.6 Å². The van der Waals surface area contributed by atoms with E-state index in [1.54, 1.807) is 31.2 Å². The lowest BCUT2D eigenvalue weighted by Gasteiger charge is -2.09. The van der Waals surface area contributed by atoms with Crippen LogP contribution < -0.4 is 5.14 Å². The Labute approximate surface area is 151 Å². The van der Waals surface area contributed by atoms with Gasteiger partial charge >= 0.3 is 6.18 Å². The standard InChI is InChI=1S/C17H12F4N2O3S/c1-9-2-4-10(5-3-9)15-14(16(26-23-15)17(19,20)21)11-6-7-13(12(18)8-11)27(22,24)25/h2-8H,1H3,(H2,22,24,25). The molecule has 3 rings (SSSR count). The summed E-state index contributed by atoms with van der Waals surface area (Å²) < 4.78 is 81.4. The summed E-state index contributed by atoms with van der Waals surface area (Å²) in [6.45, 7) is 1.80. The number of hydrogen-bond acceptors (Lipinski definition) is 4. The highest BCUT2D eigenvalue weighted by atomic mass is 32.2. The molecule has 2 aromatic carbocycles. The lowest BCUT2D eigenvalue weighted by molar-refractivity contribution is -0.154. The molecule has 0 radical (unpaired) electrons. The molecule has 0 fully saturated rings. The van der Waals surface area contributed by atoms with Gasteiger partial charge in [-0.2, -0.15) is 13.2 Å². The first-order valence-corrected chi connectivity index (χ1v) is 9.00. The van der Waals surface area contributed by atoms with Crippen molar-refractivity contribution >= 4 is 10.0 Å². The first-order valence-electron chi connectivity index (χ1n) is 7.45. The summed E-state index contributed by atoms with van der Waals surface area (Å²) in [5.41, 5.74) is 0.314. The van der Waals surface area contributed by atoms with Crippen LogP contribution in [-0.2, 0) is 16.2 Å². The van der Waals surface area contributed by atoms with Gasteiger partial charge in [-0.15, -0.1) is 0 Å². The normalized spacial score (nSPS) is 12.4. The van der Waals surface area contributed by atoms with Crippen molar-refractivity contribution in [1.82, 2.24) is 5.16 Å². The maximum Gasteiger partial charge on any atom is 0.453 e. The van der Waals surface area contributed by atoms with Crippen LogP contribution in [-0.4, -0.2) is 13.6 Å². The summed E-state index contributed by atoms with van der Waals surface area (Å²) in [6, 6.07) is 8.91. The number of nitrogens with zero attached hydrogens (tertiary/aromatic N) is 1. The molecular formula is C17H12F4N2O3S. The number of hydrogen-bond donors (Lipinski definition) is 1. The van der Waals surface area contributed by atoms with Crippen LogP contribution >= 0.6 is 0 Å². The van der Waals surface area contributed by atoms with Gasteiger partial charge in [0, 0.05) is 5.56 Å². The minimum absolute atomic E-state index is 0.148. The molecule has 0 amide bonds. The third-order valence-corrected chi connectivity index (χ3v) is 4.75. The molecule has 0 aliphatic heterocycles. The molecule has 0 unspecified atom stereocenters. The van der Waals surface area contributed by atoms with E-state index in [9.17, 15) is 26.0 Å². The maximum absolute atomic E-state index is 14.2. The van der Waals surface area contributed by atoms with Crippen molar-refractivity contribution in [2.45, 2.75) is 18.0 Å². The monoisotopic (exact) mass is 400 g/mol. The lowest BCUT2D eigenvalue weighted by atomic mass is 9.98. The summed E-state index contributed by atoms with van der Waals surface area (Å²) in [7, 11) is -4.36. The summed E-state index contributed by atoms with van der Waals surface area (Å²) in [5, 5.41) is 8.38. The van der Waals surface area contributed by atoms with Crippen molar-refractivity contribution in [1.29, 1.82) is 0 Å². The number of halogens is 4. The highest BCUT2D eigenvalue weighted by Crippen LogP contribution is 2.43. The van der Waals surface area contributed by atoms with Gasteiger partial charge in [0.25, 0.3) is 0 Å². The predicted molar refractivity (Wildman–Crippen MR) is 88.4 cm³/mol. The van der Waals surface area contributed by atoms with E-state index in [1.807, 2.05) is 0 Å². The molecule has 2 N–H and O–H groups in total. The van der Waals surface area contributed by atoms with E-state index in [4.69, 9.17) is 5.14 Å². The van der Waals surface area contributed by atoms with Gasteiger partial charge in [-0.1, -0.05) is 41.1 Å². The third-order valence-electron chi connectivity index (χ3n) is 3.80. The van der Waals surface area contributed by atoms with Crippen molar-refractivity contribution in [3.8, 4) is 22.4 Å². The highest BCUT2D eigenvalue weighted by molar-refractivity contribution is 7.89. The molecule has 0 aliphatic rings. The number of aryl methyl sites for hydroxylation is 1. The zero-order valence-electron chi connectivity index (χ0n) is 13.7. The molecule has 0 saturated heterocycles. The predicted octanol–water partition coefficient (Wildman–Crippen LogP) is 4.12. The highest BCUT2D eigenvalue weighted by Gasteiger charge is 2.41. The number of rotatable bonds is 3. The summed E-state index contributed by atoms with van der Waals surface area (Å²) in [6.07, 6.45) is -4.89. The van der Waals surface area contributed by atoms with Crippen LogP contribution in [0.2, 0.25) is 0 Å². The zero-order chi connectivity index (χ0) is 20.0. The first-order chi connectivity index (χ1) is 12.5. The Morgan fingerprint density at radius 2 is 1.63 bits per heavy atom. The van der Waals surface area contributed by atoms with Gasteiger partial charge in [0.2, 0.25) is 15.8 Å². The van der Waals surface area contributed by atoms with Gasteiger partial charge < -0.3 is 4.52 Å². The fourth-order valence-corrected chi connectivity index (χ4v) is 3.14. The number of nitrogens with two attached hydrogens (primary N) is 1. The van der Waals surface area contributed by atoms with Crippen molar-refractivity contribution < 1.29 is 30.5 Å². The molecule has 5 nitrogen and oxygen atoms in total. The fraction of sp³-hybridized carbons (Fsp3) is 0.118. The molecule has 0 spiro atoms. The fourth-order valence-electron chi connectivity index (χ4n) is 2.55. The van der Waals surface area contributed by atoms with E-state index in [1.165, 1.54) is 0 Å². The second-order valence-electron chi connectivity index (χ2n) is 5.79. The minimum atomic E-state index is -4.89. The molecule has 0 bridgehead atoms. The van der Waals surface area contributed by atoms with Crippen LogP contribution in [0.15, 0.2) is 51.9 Å². The van der Waals surface area contributed by atoms with Gasteiger partial charge in [-0.25, -0.2) is 17.9 Å². The van der Waals surface area contributed by atoms with Gasteiger partial charge in [-0.3, -0.25) is 0 Å². The van der Waals surface area contributed by atoms with E-state index in [0.717, 1.165) is 17.7 Å². The Hall–Kier alpha value is -2.72. The molecule has 142 valence electrons. The van der Waals surface area contributed by atoms with Crippen LogP contribution in [0.1, 0.15) is 11.3 Å². The maximum atomic E-state index is 14.2. The first kappa shape index (κ1) is 19.1. The van der Waals surface area contributed by atoms with Crippen LogP contribution in [0.25, 0.3) is 22.4 Å². The number of sulfonamides is 1. The largest absolute Gasteiger partial charge is 0.453 e. The molecule has 1 heterocycles. The Bertz CT molecular complexity index is 1100. The second-order valence-corrected chi connectivity index (χ2v) is 7.32. The van der Waals surface area contributed by atoms with E-state index < -0.39 is 38.2 Å². The third kappa shape index (κ3) is 3.71. The van der Waals surface area contributed by atoms with Crippen molar-refractivity contribution in [2.24, 2.45) is 5.14 Å². The Morgan fingerprint density at radius 1 is 1.04 bits per heavy atom. The van der Waals surface area contributed by atoms with E-state index in [-0.39, 0.29) is 11.3 Å². The molecule has 10 heteroatoms. The topological polar surface area (TPSA) is 86.2 Å². The van der Waals surface area contributed by atoms with Crippen molar-refractivity contribution in [2.75, 3.05) is 0 Å². The summed E-state index contributed by atoms with van der Waals surface area (Å²) >= 11 is 0. The number of alkyl halides is 3. The molecule has 1 aromatic heterocycles. The SMILES string of the molecule is Cc1ccc(-c2noc(C(F)(F)F)c2-c2ccc(S(N)(=O)=O)c(F)c2)cc1. The average molecular weight is 400 g/mol. The molecule has 0 saturated carbocycles. The lowest BCUT2D eigenvalue weighted by Crippen LogP contribution is -2.14. The Morgan fingerprint density at radius 3 is 2.15 bits per heavy atom. The van der Waals surface area contributed by atoms with Crippen LogP contribution in [0.3, 0.4) is 0 Å². The van der Waals surface area contributed by atoms with E-state index in [2.05, 4.69) is 9.68 Å². The smallest absolute Gasteiger partial charge is 0.350 e. The van der Waals surface area contributed by atoms with Crippen molar-refractivity contribution in [3.63, 3.8) is 0 Å². The quantitative estimate of drug-likeness (QED) is 0.670. The van der Waals surface area contributed by atoms with Gasteiger partial charge in [0.1, 0.15) is 16.4 Å². The molecule has 0 aliphatic carbocycles. The molecule has 3 aromatic rings. The molecule has 0 atom stereocenters. The Balaban J connectivity index is 2.26. The van der Waals surface area contributed by atoms with Crippen molar-refractivity contribution in [3.05, 3.63) is 59.6 Å². The zero-order valence-corrected chi connectivity index (χ0v) is 14.5. The van der Waals surface area contributed by atoms with Gasteiger partial charge in [0.05, 0.1) is 5.56 Å². The molecule has 27 heavy (non-hydrogen) atoms. The van der Waals surface area contributed by atoms with Gasteiger partial charge in [-0.05, 0) is 24.6 Å². The second kappa shape index (κ2) is 6.46.